The van der Waals surface area contributed by atoms with Crippen LogP contribution in [-0.2, 0) is 6.54 Å². The van der Waals surface area contributed by atoms with Gasteiger partial charge in [0.25, 0.3) is 0 Å². The zero-order valence-electron chi connectivity index (χ0n) is 14.3. The first-order valence-corrected chi connectivity index (χ1v) is 8.27. The molecule has 7 heteroatoms. The predicted molar refractivity (Wildman–Crippen MR) is 89.7 cm³/mol. The lowest BCUT2D eigenvalue weighted by Crippen LogP contribution is -2.48. The van der Waals surface area contributed by atoms with Crippen LogP contribution in [0.3, 0.4) is 0 Å². The van der Waals surface area contributed by atoms with Gasteiger partial charge in [-0.1, -0.05) is 0 Å². The molecule has 0 radical (unpaired) electrons. The molecule has 1 aromatic carbocycles. The van der Waals surface area contributed by atoms with Gasteiger partial charge in [0, 0.05) is 44.2 Å². The minimum Gasteiger partial charge on any atom is -0.423 e. The number of nitrogens with zero attached hydrogens (tertiary/aromatic N) is 2. The third-order valence-corrected chi connectivity index (χ3v) is 4.71. The van der Waals surface area contributed by atoms with Crippen molar-refractivity contribution in [2.24, 2.45) is 0 Å². The highest BCUT2D eigenvalue weighted by Gasteiger charge is 2.32. The maximum absolute atomic E-state index is 12.5. The van der Waals surface area contributed by atoms with Crippen LogP contribution in [0.5, 0.6) is 0 Å². The Labute approximate surface area is 143 Å². The van der Waals surface area contributed by atoms with E-state index in [-0.39, 0.29) is 0 Å². The number of rotatable bonds is 3. The number of halogens is 3. The van der Waals surface area contributed by atoms with E-state index in [1.54, 1.807) is 0 Å². The van der Waals surface area contributed by atoms with E-state index >= 15 is 0 Å². The summed E-state index contributed by atoms with van der Waals surface area (Å²) in [5.41, 5.74) is 3.17. The van der Waals surface area contributed by atoms with E-state index in [4.69, 9.17) is 4.42 Å². The molecular formula is C18H21F3N2O2. The van der Waals surface area contributed by atoms with Gasteiger partial charge in [0.05, 0.1) is 6.54 Å². The fourth-order valence-electron chi connectivity index (χ4n) is 3.21. The highest BCUT2D eigenvalue weighted by Crippen LogP contribution is 2.23. The van der Waals surface area contributed by atoms with Gasteiger partial charge >= 0.3 is 11.8 Å². The second-order valence-electron chi connectivity index (χ2n) is 6.69. The summed E-state index contributed by atoms with van der Waals surface area (Å²) in [5, 5.41) is 0.889. The first-order valence-electron chi connectivity index (χ1n) is 8.27. The van der Waals surface area contributed by atoms with Crippen molar-refractivity contribution in [3.05, 3.63) is 45.3 Å². The molecule has 0 aliphatic carbocycles. The molecule has 0 amide bonds. The molecule has 2 heterocycles. The summed E-state index contributed by atoms with van der Waals surface area (Å²) in [4.78, 5) is 15.3. The SMILES string of the molecule is Cc1cc2oc(=O)cc(CN3CCN(CC(F)(F)F)CC3)c2cc1C. The molecule has 3 rings (SSSR count). The molecule has 0 spiro atoms. The molecule has 0 bridgehead atoms. The van der Waals surface area contributed by atoms with Crippen LogP contribution < -0.4 is 5.63 Å². The van der Waals surface area contributed by atoms with Gasteiger partial charge in [0.2, 0.25) is 0 Å². The van der Waals surface area contributed by atoms with Gasteiger partial charge in [-0.05, 0) is 42.7 Å². The molecule has 136 valence electrons. The quantitative estimate of drug-likeness (QED) is 0.794. The molecule has 25 heavy (non-hydrogen) atoms. The van der Waals surface area contributed by atoms with E-state index < -0.39 is 18.3 Å². The Bertz CT molecular complexity index is 821. The summed E-state index contributed by atoms with van der Waals surface area (Å²) in [5.74, 6) is 0. The predicted octanol–water partition coefficient (Wildman–Crippen LogP) is 3.09. The summed E-state index contributed by atoms with van der Waals surface area (Å²) in [7, 11) is 0. The standard InChI is InChI=1S/C18H21F3N2O2/c1-12-7-15-14(9-17(24)25-16(15)8-13(12)2)10-22-3-5-23(6-4-22)11-18(19,20)21/h7-9H,3-6,10-11H2,1-2H3. The van der Waals surface area contributed by atoms with Crippen molar-refractivity contribution in [3.63, 3.8) is 0 Å². The zero-order chi connectivity index (χ0) is 18.2. The maximum atomic E-state index is 12.5. The summed E-state index contributed by atoms with van der Waals surface area (Å²) in [6, 6.07) is 5.35. The van der Waals surface area contributed by atoms with Crippen LogP contribution in [0.1, 0.15) is 16.7 Å². The molecule has 0 atom stereocenters. The average Bonchev–Trinajstić information content (AvgIpc) is 2.50. The van der Waals surface area contributed by atoms with Crippen LogP contribution in [0.2, 0.25) is 0 Å². The van der Waals surface area contributed by atoms with Crippen LogP contribution in [0, 0.1) is 13.8 Å². The van der Waals surface area contributed by atoms with Gasteiger partial charge in [0.15, 0.2) is 0 Å². The number of benzene rings is 1. The maximum Gasteiger partial charge on any atom is 0.401 e. The Morgan fingerprint density at radius 3 is 2.24 bits per heavy atom. The number of hydrogen-bond donors (Lipinski definition) is 0. The van der Waals surface area contributed by atoms with Crippen molar-refractivity contribution in [2.45, 2.75) is 26.6 Å². The zero-order valence-corrected chi connectivity index (χ0v) is 14.3. The van der Waals surface area contributed by atoms with Gasteiger partial charge in [-0.3, -0.25) is 9.80 Å². The lowest BCUT2D eigenvalue weighted by atomic mass is 10.0. The Morgan fingerprint density at radius 1 is 1.00 bits per heavy atom. The van der Waals surface area contributed by atoms with Crippen molar-refractivity contribution in [3.8, 4) is 0 Å². The molecule has 1 aliphatic rings. The van der Waals surface area contributed by atoms with Crippen molar-refractivity contribution < 1.29 is 17.6 Å². The van der Waals surface area contributed by atoms with E-state index in [0.29, 0.717) is 38.3 Å². The molecule has 0 saturated carbocycles. The Hall–Kier alpha value is -1.86. The molecule has 4 nitrogen and oxygen atoms in total. The molecule has 0 N–H and O–H groups in total. The number of alkyl halides is 3. The first kappa shape index (κ1) is 17.9. The number of hydrogen-bond acceptors (Lipinski definition) is 4. The van der Waals surface area contributed by atoms with Crippen molar-refractivity contribution in [1.29, 1.82) is 0 Å². The third kappa shape index (κ3) is 4.41. The van der Waals surface area contributed by atoms with Crippen LogP contribution in [0.15, 0.2) is 27.4 Å². The minimum atomic E-state index is -4.16. The summed E-state index contributed by atoms with van der Waals surface area (Å²) < 4.78 is 42.7. The smallest absolute Gasteiger partial charge is 0.401 e. The van der Waals surface area contributed by atoms with Crippen LogP contribution in [0.4, 0.5) is 13.2 Å². The van der Waals surface area contributed by atoms with E-state index in [1.165, 1.54) is 11.0 Å². The third-order valence-electron chi connectivity index (χ3n) is 4.71. The van der Waals surface area contributed by atoms with Gasteiger partial charge in [-0.25, -0.2) is 4.79 Å². The molecule has 2 aromatic rings. The normalized spacial score (nSPS) is 17.3. The second kappa shape index (κ2) is 6.80. The summed E-state index contributed by atoms with van der Waals surface area (Å²) in [6.45, 7) is 5.46. The fourth-order valence-corrected chi connectivity index (χ4v) is 3.21. The van der Waals surface area contributed by atoms with E-state index in [2.05, 4.69) is 4.90 Å². The Morgan fingerprint density at radius 2 is 1.60 bits per heavy atom. The fraction of sp³-hybridized carbons (Fsp3) is 0.500. The topological polar surface area (TPSA) is 36.7 Å². The van der Waals surface area contributed by atoms with Crippen LogP contribution in [-0.4, -0.2) is 48.7 Å². The largest absolute Gasteiger partial charge is 0.423 e. The summed E-state index contributed by atoms with van der Waals surface area (Å²) in [6.07, 6.45) is -4.16. The van der Waals surface area contributed by atoms with Crippen molar-refractivity contribution >= 4 is 11.0 Å². The highest BCUT2D eigenvalue weighted by molar-refractivity contribution is 5.81. The van der Waals surface area contributed by atoms with Gasteiger partial charge < -0.3 is 4.42 Å². The molecule has 1 aromatic heterocycles. The molecular weight excluding hydrogens is 333 g/mol. The van der Waals surface area contributed by atoms with Crippen molar-refractivity contribution in [2.75, 3.05) is 32.7 Å². The molecule has 0 unspecified atom stereocenters. The molecule has 1 aliphatic heterocycles. The number of piperazine rings is 1. The van der Waals surface area contributed by atoms with Crippen LogP contribution >= 0.6 is 0 Å². The second-order valence-corrected chi connectivity index (χ2v) is 6.69. The molecule has 1 saturated heterocycles. The van der Waals surface area contributed by atoms with Crippen LogP contribution in [0.25, 0.3) is 11.0 Å². The average molecular weight is 354 g/mol. The van der Waals surface area contributed by atoms with E-state index in [9.17, 15) is 18.0 Å². The molecule has 1 fully saturated rings. The lowest BCUT2D eigenvalue weighted by molar-refractivity contribution is -0.149. The highest BCUT2D eigenvalue weighted by atomic mass is 19.4. The summed E-state index contributed by atoms with van der Waals surface area (Å²) >= 11 is 0. The number of fused-ring (bicyclic) bond motifs is 1. The van der Waals surface area contributed by atoms with Crippen molar-refractivity contribution in [1.82, 2.24) is 9.80 Å². The van der Waals surface area contributed by atoms with Gasteiger partial charge in [-0.2, -0.15) is 13.2 Å². The Balaban J connectivity index is 1.76. The number of aryl methyl sites for hydroxylation is 2. The first-order chi connectivity index (χ1) is 11.7. The van der Waals surface area contributed by atoms with E-state index in [1.807, 2.05) is 26.0 Å². The van der Waals surface area contributed by atoms with Gasteiger partial charge in [-0.15, -0.1) is 0 Å². The van der Waals surface area contributed by atoms with Gasteiger partial charge in [0.1, 0.15) is 5.58 Å². The monoisotopic (exact) mass is 354 g/mol. The van der Waals surface area contributed by atoms with E-state index in [0.717, 1.165) is 22.1 Å². The lowest BCUT2D eigenvalue weighted by Gasteiger charge is -2.35. The Kier molecular flexibility index (Phi) is 4.88. The minimum absolute atomic E-state index is 0.372.